The van der Waals surface area contributed by atoms with Crippen molar-refractivity contribution in [2.24, 2.45) is 0 Å². The summed E-state index contributed by atoms with van der Waals surface area (Å²) in [6.45, 7) is 10.6. The molecule has 1 aromatic heterocycles. The number of nitrogens with one attached hydrogen (secondary N) is 1. The molecule has 2 aromatic rings. The van der Waals surface area contributed by atoms with Gasteiger partial charge in [-0.1, -0.05) is 13.3 Å². The summed E-state index contributed by atoms with van der Waals surface area (Å²) in [7, 11) is 0. The molecule has 0 saturated carbocycles. The van der Waals surface area contributed by atoms with E-state index < -0.39 is 0 Å². The summed E-state index contributed by atoms with van der Waals surface area (Å²) in [5, 5.41) is 2.89. The van der Waals surface area contributed by atoms with Crippen LogP contribution in [0.5, 0.6) is 0 Å². The molecule has 0 aliphatic heterocycles. The predicted molar refractivity (Wildman–Crippen MR) is 104 cm³/mol. The van der Waals surface area contributed by atoms with Gasteiger partial charge in [-0.15, -0.1) is 0 Å². The van der Waals surface area contributed by atoms with Crippen molar-refractivity contribution in [3.63, 3.8) is 0 Å². The number of aryl methyl sites for hydroxylation is 1. The van der Waals surface area contributed by atoms with Gasteiger partial charge in [0, 0.05) is 23.1 Å². The number of rotatable bonds is 7. The van der Waals surface area contributed by atoms with Crippen molar-refractivity contribution in [1.29, 1.82) is 0 Å². The summed E-state index contributed by atoms with van der Waals surface area (Å²) >= 11 is 0. The molecule has 26 heavy (non-hydrogen) atoms. The van der Waals surface area contributed by atoms with E-state index in [-0.39, 0.29) is 11.9 Å². The first-order valence-corrected chi connectivity index (χ1v) is 9.12. The molecule has 140 valence electrons. The molecule has 0 bridgehead atoms. The average Bonchev–Trinajstić information content (AvgIpc) is 2.90. The summed E-state index contributed by atoms with van der Waals surface area (Å²) in [4.78, 5) is 24.5. The molecule has 0 unspecified atom stereocenters. The van der Waals surface area contributed by atoms with E-state index in [2.05, 4.69) is 23.7 Å². The average molecular weight is 356 g/mol. The van der Waals surface area contributed by atoms with E-state index in [1.165, 1.54) is 0 Å². The van der Waals surface area contributed by atoms with Crippen LogP contribution in [0.3, 0.4) is 0 Å². The minimum atomic E-state index is -0.336. The Kier molecular flexibility index (Phi) is 6.61. The number of carbonyl (C=O) groups excluding carboxylic acids is 2. The van der Waals surface area contributed by atoms with Gasteiger partial charge in [0.1, 0.15) is 0 Å². The third kappa shape index (κ3) is 4.54. The lowest BCUT2D eigenvalue weighted by atomic mass is 10.2. The Balaban J connectivity index is 2.06. The molecule has 0 aliphatic carbocycles. The zero-order chi connectivity index (χ0) is 19.3. The van der Waals surface area contributed by atoms with Crippen LogP contribution in [-0.2, 0) is 4.74 Å². The van der Waals surface area contributed by atoms with E-state index >= 15 is 0 Å². The van der Waals surface area contributed by atoms with E-state index in [1.54, 1.807) is 24.3 Å². The SMILES string of the molecule is CCCCOC(=O)c1ccc(NC(=O)c2cc(C)n(C(C)C)c2C)cc1. The number of esters is 1. The predicted octanol–water partition coefficient (Wildman–Crippen LogP) is 4.90. The lowest BCUT2D eigenvalue weighted by Gasteiger charge is -2.13. The quantitative estimate of drug-likeness (QED) is 0.567. The Hall–Kier alpha value is -2.56. The van der Waals surface area contributed by atoms with Crippen molar-refractivity contribution in [3.8, 4) is 0 Å². The number of aromatic nitrogens is 1. The summed E-state index contributed by atoms with van der Waals surface area (Å²) in [5.41, 5.74) is 3.81. The first-order valence-electron chi connectivity index (χ1n) is 9.12. The van der Waals surface area contributed by atoms with E-state index in [0.717, 1.165) is 24.2 Å². The molecule has 0 radical (unpaired) electrons. The zero-order valence-electron chi connectivity index (χ0n) is 16.3. The maximum absolute atomic E-state index is 12.6. The number of amides is 1. The Labute approximate surface area is 155 Å². The Morgan fingerprint density at radius 1 is 1.15 bits per heavy atom. The second-order valence-electron chi connectivity index (χ2n) is 6.77. The molecule has 5 nitrogen and oxygen atoms in total. The number of hydrogen-bond acceptors (Lipinski definition) is 3. The molecule has 1 aromatic carbocycles. The molecule has 0 spiro atoms. The second-order valence-corrected chi connectivity index (χ2v) is 6.77. The van der Waals surface area contributed by atoms with Gasteiger partial charge in [0.25, 0.3) is 5.91 Å². The van der Waals surface area contributed by atoms with Crippen molar-refractivity contribution < 1.29 is 14.3 Å². The van der Waals surface area contributed by atoms with Crippen molar-refractivity contribution in [1.82, 2.24) is 4.57 Å². The first-order chi connectivity index (χ1) is 12.3. The standard InChI is InChI=1S/C21H28N2O3/c1-6-7-12-26-21(25)17-8-10-18(11-9-17)22-20(24)19-13-15(4)23(14(2)3)16(19)5/h8-11,13-14H,6-7,12H2,1-5H3,(H,22,24). The molecule has 1 N–H and O–H groups in total. The van der Waals surface area contributed by atoms with Gasteiger partial charge in [0.05, 0.1) is 17.7 Å². The van der Waals surface area contributed by atoms with Gasteiger partial charge in [-0.3, -0.25) is 4.79 Å². The monoisotopic (exact) mass is 356 g/mol. The summed E-state index contributed by atoms with van der Waals surface area (Å²) in [6, 6.07) is 8.98. The van der Waals surface area contributed by atoms with Crippen molar-refractivity contribution in [3.05, 3.63) is 52.8 Å². The van der Waals surface area contributed by atoms with Gasteiger partial charge >= 0.3 is 5.97 Å². The first kappa shape index (κ1) is 19.8. The number of anilines is 1. The smallest absolute Gasteiger partial charge is 0.338 e. The van der Waals surface area contributed by atoms with Gasteiger partial charge in [-0.2, -0.15) is 0 Å². The molecular weight excluding hydrogens is 328 g/mol. The molecule has 0 aliphatic rings. The van der Waals surface area contributed by atoms with Crippen LogP contribution in [0, 0.1) is 13.8 Å². The molecule has 0 saturated heterocycles. The highest BCUT2D eigenvalue weighted by Crippen LogP contribution is 2.21. The second kappa shape index (κ2) is 8.70. The van der Waals surface area contributed by atoms with E-state index in [1.807, 2.05) is 26.8 Å². The third-order valence-corrected chi connectivity index (χ3v) is 4.35. The maximum atomic E-state index is 12.6. The van der Waals surface area contributed by atoms with Crippen LogP contribution in [0.15, 0.2) is 30.3 Å². The summed E-state index contributed by atoms with van der Waals surface area (Å²) in [6.07, 6.45) is 1.84. The van der Waals surface area contributed by atoms with Crippen LogP contribution in [0.1, 0.15) is 71.8 Å². The number of benzene rings is 1. The fraction of sp³-hybridized carbons (Fsp3) is 0.429. The van der Waals surface area contributed by atoms with Gasteiger partial charge in [-0.25, -0.2) is 4.79 Å². The minimum absolute atomic E-state index is 0.150. The molecule has 1 amide bonds. The topological polar surface area (TPSA) is 60.3 Å². The highest BCUT2D eigenvalue weighted by atomic mass is 16.5. The number of nitrogens with zero attached hydrogens (tertiary/aromatic N) is 1. The lowest BCUT2D eigenvalue weighted by molar-refractivity contribution is 0.0499. The molecule has 5 heteroatoms. The van der Waals surface area contributed by atoms with Crippen LogP contribution in [0.4, 0.5) is 5.69 Å². The highest BCUT2D eigenvalue weighted by molar-refractivity contribution is 6.05. The summed E-state index contributed by atoms with van der Waals surface area (Å²) < 4.78 is 7.33. The molecule has 0 fully saturated rings. The van der Waals surface area contributed by atoms with Crippen molar-refractivity contribution in [2.75, 3.05) is 11.9 Å². The zero-order valence-corrected chi connectivity index (χ0v) is 16.3. The highest BCUT2D eigenvalue weighted by Gasteiger charge is 2.17. The summed E-state index contributed by atoms with van der Waals surface area (Å²) in [5.74, 6) is -0.486. The van der Waals surface area contributed by atoms with Crippen LogP contribution in [-0.4, -0.2) is 23.1 Å². The number of ether oxygens (including phenoxy) is 1. The van der Waals surface area contributed by atoms with Crippen molar-refractivity contribution in [2.45, 2.75) is 53.5 Å². The lowest BCUT2D eigenvalue weighted by Crippen LogP contribution is -2.14. The number of carbonyl (C=O) groups is 2. The fourth-order valence-electron chi connectivity index (χ4n) is 3.08. The molecule has 0 atom stereocenters. The van der Waals surface area contributed by atoms with E-state index in [4.69, 9.17) is 4.74 Å². The minimum Gasteiger partial charge on any atom is -0.462 e. The largest absolute Gasteiger partial charge is 0.462 e. The van der Waals surface area contributed by atoms with Gasteiger partial charge < -0.3 is 14.6 Å². The Morgan fingerprint density at radius 3 is 2.35 bits per heavy atom. The Morgan fingerprint density at radius 2 is 1.81 bits per heavy atom. The molecule has 2 rings (SSSR count). The van der Waals surface area contributed by atoms with Crippen LogP contribution in [0.25, 0.3) is 0 Å². The van der Waals surface area contributed by atoms with Gasteiger partial charge in [0.15, 0.2) is 0 Å². The molecular formula is C21H28N2O3. The van der Waals surface area contributed by atoms with Crippen LogP contribution in [0.2, 0.25) is 0 Å². The number of unbranched alkanes of at least 4 members (excludes halogenated alkanes) is 1. The normalized spacial score (nSPS) is 10.8. The van der Waals surface area contributed by atoms with Crippen LogP contribution >= 0.6 is 0 Å². The fourth-order valence-corrected chi connectivity index (χ4v) is 3.08. The van der Waals surface area contributed by atoms with Gasteiger partial charge in [0.2, 0.25) is 0 Å². The van der Waals surface area contributed by atoms with Crippen LogP contribution < -0.4 is 5.32 Å². The van der Waals surface area contributed by atoms with Gasteiger partial charge in [-0.05, 0) is 64.4 Å². The number of hydrogen-bond donors (Lipinski definition) is 1. The maximum Gasteiger partial charge on any atom is 0.338 e. The van der Waals surface area contributed by atoms with Crippen molar-refractivity contribution >= 4 is 17.6 Å². The van der Waals surface area contributed by atoms with E-state index in [0.29, 0.717) is 29.5 Å². The third-order valence-electron chi connectivity index (χ3n) is 4.35. The molecule has 1 heterocycles. The van der Waals surface area contributed by atoms with E-state index in [9.17, 15) is 9.59 Å². The Bertz CT molecular complexity index is 773.